The summed E-state index contributed by atoms with van der Waals surface area (Å²) in [5.74, 6) is 0.197. The molecule has 0 radical (unpaired) electrons. The maximum absolute atomic E-state index is 13.2. The van der Waals surface area contributed by atoms with Crippen molar-refractivity contribution in [1.29, 1.82) is 0 Å². The molecule has 1 amide bonds. The molecule has 6 aliphatic rings. The third-order valence-corrected chi connectivity index (χ3v) is 7.65. The van der Waals surface area contributed by atoms with Crippen molar-refractivity contribution in [1.82, 2.24) is 4.90 Å². The maximum Gasteiger partial charge on any atom is 0.326 e. The number of hydrogen-bond donors (Lipinski definition) is 3. The van der Waals surface area contributed by atoms with Crippen LogP contribution in [-0.2, 0) is 9.59 Å². The minimum Gasteiger partial charge on any atom is -0.480 e. The van der Waals surface area contributed by atoms with Crippen LogP contribution in [0.5, 0.6) is 0 Å². The van der Waals surface area contributed by atoms with Gasteiger partial charge in [-0.05, 0) is 74.5 Å². The Labute approximate surface area is 141 Å². The predicted molar refractivity (Wildman–Crippen MR) is 84.8 cm³/mol. The third-order valence-electron chi connectivity index (χ3n) is 7.65. The van der Waals surface area contributed by atoms with Crippen molar-refractivity contribution in [2.45, 2.75) is 75.1 Å². The summed E-state index contributed by atoms with van der Waals surface area (Å²) in [5.41, 5.74) is 5.52. The number of nitrogens with two attached hydrogens (primary N) is 1. The second kappa shape index (κ2) is 4.52. The molecule has 6 atom stereocenters. The molecule has 24 heavy (non-hydrogen) atoms. The van der Waals surface area contributed by atoms with Crippen molar-refractivity contribution in [3.63, 3.8) is 0 Å². The molecule has 5 saturated carbocycles. The number of rotatable bonds is 3. The quantitative estimate of drug-likeness (QED) is 0.705. The van der Waals surface area contributed by atoms with E-state index < -0.39 is 23.7 Å². The lowest BCUT2D eigenvalue weighted by Gasteiger charge is -2.61. The zero-order valence-corrected chi connectivity index (χ0v) is 13.9. The Kier molecular flexibility index (Phi) is 2.85. The van der Waals surface area contributed by atoms with E-state index in [2.05, 4.69) is 0 Å². The molecule has 2 unspecified atom stereocenters. The monoisotopic (exact) mass is 334 g/mol. The summed E-state index contributed by atoms with van der Waals surface area (Å²) in [4.78, 5) is 26.3. The lowest BCUT2D eigenvalue weighted by molar-refractivity contribution is -0.179. The van der Waals surface area contributed by atoms with Crippen LogP contribution in [0.3, 0.4) is 0 Å². The van der Waals surface area contributed by atoms with E-state index in [4.69, 9.17) is 5.73 Å². The average molecular weight is 334 g/mol. The maximum atomic E-state index is 13.2. The number of nitrogens with zero attached hydrogens (tertiary/aromatic N) is 1. The standard InChI is InChI=1S/C18H26N2O4/c19-14(15(21)20-12-2-11(12)3-13(20)16(22)23)17-4-9-1-10(5-17)7-18(24,6-9)8-17/h9-14,24H,1-8,19H2,(H,22,23)/t9?,10?,11-,12+,13-,14+,17?,18?/m0/s1. The predicted octanol–water partition coefficient (Wildman–Crippen LogP) is 0.719. The van der Waals surface area contributed by atoms with Crippen molar-refractivity contribution < 1.29 is 19.8 Å². The summed E-state index contributed by atoms with van der Waals surface area (Å²) in [6.45, 7) is 0. The van der Waals surface area contributed by atoms with Gasteiger partial charge < -0.3 is 20.8 Å². The van der Waals surface area contributed by atoms with Gasteiger partial charge in [-0.1, -0.05) is 0 Å². The molecule has 1 heterocycles. The van der Waals surface area contributed by atoms with Gasteiger partial charge in [-0.3, -0.25) is 4.79 Å². The molecule has 0 aromatic carbocycles. The summed E-state index contributed by atoms with van der Waals surface area (Å²) >= 11 is 0. The average Bonchev–Trinajstić information content (AvgIpc) is 3.13. The Bertz CT molecular complexity index is 606. The zero-order chi connectivity index (χ0) is 16.9. The highest BCUT2D eigenvalue weighted by Crippen LogP contribution is 2.63. The number of likely N-dealkylation sites (tertiary alicyclic amines) is 1. The van der Waals surface area contributed by atoms with Crippen molar-refractivity contribution in [3.8, 4) is 0 Å². The minimum absolute atomic E-state index is 0.0849. The van der Waals surface area contributed by atoms with Crippen molar-refractivity contribution in [3.05, 3.63) is 0 Å². The van der Waals surface area contributed by atoms with Gasteiger partial charge in [0.05, 0.1) is 11.6 Å². The molecule has 5 aliphatic carbocycles. The Balaban J connectivity index is 1.43. The topological polar surface area (TPSA) is 104 Å². The fourth-order valence-electron chi connectivity index (χ4n) is 7.06. The smallest absolute Gasteiger partial charge is 0.326 e. The van der Waals surface area contributed by atoms with Gasteiger partial charge in [0.1, 0.15) is 6.04 Å². The summed E-state index contributed by atoms with van der Waals surface area (Å²) < 4.78 is 0. The first-order valence-corrected chi connectivity index (χ1v) is 9.33. The van der Waals surface area contributed by atoms with Crippen LogP contribution in [0.4, 0.5) is 0 Å². The molecule has 4 N–H and O–H groups in total. The van der Waals surface area contributed by atoms with Crippen LogP contribution in [-0.4, -0.2) is 50.7 Å². The highest BCUT2D eigenvalue weighted by molar-refractivity contribution is 5.89. The number of carboxylic acid groups (broad SMARTS) is 1. The number of carboxylic acids is 1. The zero-order valence-electron chi connectivity index (χ0n) is 13.9. The lowest BCUT2D eigenvalue weighted by Crippen LogP contribution is -2.65. The molecule has 6 nitrogen and oxygen atoms in total. The summed E-state index contributed by atoms with van der Waals surface area (Å²) in [6.07, 6.45) is 6.77. The number of carbonyl (C=O) groups is 2. The molecule has 1 aliphatic heterocycles. The van der Waals surface area contributed by atoms with Crippen molar-refractivity contribution in [2.75, 3.05) is 0 Å². The number of aliphatic carboxylic acids is 1. The van der Waals surface area contributed by atoms with Crippen LogP contribution in [0.25, 0.3) is 0 Å². The van der Waals surface area contributed by atoms with Crippen LogP contribution in [0.2, 0.25) is 0 Å². The molecule has 0 spiro atoms. The first-order chi connectivity index (χ1) is 11.3. The number of aliphatic hydroxyl groups is 1. The van der Waals surface area contributed by atoms with Gasteiger partial charge in [0.15, 0.2) is 0 Å². The van der Waals surface area contributed by atoms with E-state index in [1.54, 1.807) is 4.90 Å². The normalized spacial score (nSPS) is 52.2. The molecule has 0 aromatic heterocycles. The molecule has 6 fully saturated rings. The fourth-order valence-corrected chi connectivity index (χ4v) is 7.06. The fraction of sp³-hybridized carbons (Fsp3) is 0.889. The first-order valence-electron chi connectivity index (χ1n) is 9.33. The number of hydrogen-bond acceptors (Lipinski definition) is 4. The van der Waals surface area contributed by atoms with Gasteiger partial charge in [-0.15, -0.1) is 0 Å². The Morgan fingerprint density at radius 3 is 2.33 bits per heavy atom. The molecular weight excluding hydrogens is 308 g/mol. The minimum atomic E-state index is -0.910. The number of amides is 1. The van der Waals surface area contributed by atoms with Crippen LogP contribution in [0.1, 0.15) is 51.4 Å². The van der Waals surface area contributed by atoms with Crippen LogP contribution in [0, 0.1) is 23.2 Å². The van der Waals surface area contributed by atoms with E-state index >= 15 is 0 Å². The Hall–Kier alpha value is -1.14. The van der Waals surface area contributed by atoms with Gasteiger partial charge in [-0.25, -0.2) is 4.79 Å². The van der Waals surface area contributed by atoms with E-state index in [9.17, 15) is 19.8 Å². The highest BCUT2D eigenvalue weighted by atomic mass is 16.4. The van der Waals surface area contributed by atoms with Crippen molar-refractivity contribution in [2.24, 2.45) is 28.9 Å². The number of carbonyl (C=O) groups excluding carboxylic acids is 1. The molecule has 1 saturated heterocycles. The van der Waals surface area contributed by atoms with Gasteiger partial charge in [0, 0.05) is 6.04 Å². The van der Waals surface area contributed by atoms with E-state index in [0.717, 1.165) is 38.5 Å². The number of piperidine rings is 1. The summed E-state index contributed by atoms with van der Waals surface area (Å²) in [6, 6.07) is -1.29. The summed E-state index contributed by atoms with van der Waals surface area (Å²) in [7, 11) is 0. The Morgan fingerprint density at radius 2 is 1.75 bits per heavy atom. The molecular formula is C18H26N2O4. The molecule has 6 heteroatoms. The van der Waals surface area contributed by atoms with E-state index in [1.165, 1.54) is 0 Å². The van der Waals surface area contributed by atoms with E-state index in [1.807, 2.05) is 0 Å². The molecule has 0 aromatic rings. The van der Waals surface area contributed by atoms with Gasteiger partial charge in [0.25, 0.3) is 0 Å². The van der Waals surface area contributed by atoms with Gasteiger partial charge in [0.2, 0.25) is 5.91 Å². The first kappa shape index (κ1) is 15.1. The molecule has 132 valence electrons. The van der Waals surface area contributed by atoms with E-state index in [-0.39, 0.29) is 17.4 Å². The summed E-state index contributed by atoms with van der Waals surface area (Å²) in [5, 5.41) is 20.3. The largest absolute Gasteiger partial charge is 0.480 e. The lowest BCUT2D eigenvalue weighted by atomic mass is 9.46. The van der Waals surface area contributed by atoms with Crippen LogP contribution < -0.4 is 5.73 Å². The van der Waals surface area contributed by atoms with Gasteiger partial charge >= 0.3 is 5.97 Å². The van der Waals surface area contributed by atoms with Crippen molar-refractivity contribution >= 4 is 11.9 Å². The SMILES string of the molecule is N[C@H](C(=O)N1[C@@H]2C[C@H]2C[C@H]1C(=O)O)C12CC3CC(CC(O)(C3)C1)C2. The number of fused-ring (bicyclic) bond motifs is 1. The molecule has 4 bridgehead atoms. The second-order valence-corrected chi connectivity index (χ2v) is 9.42. The van der Waals surface area contributed by atoms with Crippen LogP contribution >= 0.6 is 0 Å². The van der Waals surface area contributed by atoms with Gasteiger partial charge in [-0.2, -0.15) is 0 Å². The van der Waals surface area contributed by atoms with E-state index in [0.29, 0.717) is 30.6 Å². The molecule has 6 rings (SSSR count). The Morgan fingerprint density at radius 1 is 1.08 bits per heavy atom. The second-order valence-electron chi connectivity index (χ2n) is 9.42. The highest BCUT2D eigenvalue weighted by Gasteiger charge is 2.63. The third kappa shape index (κ3) is 1.96. The van der Waals surface area contributed by atoms with Crippen LogP contribution in [0.15, 0.2) is 0 Å².